The van der Waals surface area contributed by atoms with Crippen LogP contribution in [0, 0.1) is 0 Å². The fraction of sp³-hybridized carbons (Fsp3) is 0.100. The summed E-state index contributed by atoms with van der Waals surface area (Å²) < 4.78 is 0.811. The van der Waals surface area contributed by atoms with Crippen LogP contribution in [0.15, 0.2) is 50.4 Å². The first-order chi connectivity index (χ1) is 7.50. The molecule has 0 fully saturated rings. The van der Waals surface area contributed by atoms with E-state index >= 15 is 0 Å². The van der Waals surface area contributed by atoms with E-state index < -0.39 is 11.7 Å². The summed E-state index contributed by atoms with van der Waals surface area (Å²) in [5, 5.41) is 24.9. The average Bonchev–Trinajstić information content (AvgIpc) is 2.16. The van der Waals surface area contributed by atoms with Gasteiger partial charge in [-0.3, -0.25) is 0 Å². The van der Waals surface area contributed by atoms with Crippen LogP contribution in [0.5, 0.6) is 0 Å². The van der Waals surface area contributed by atoms with Gasteiger partial charge in [-0.05, 0) is 25.1 Å². The molecule has 1 rings (SSSR count). The Morgan fingerprint density at radius 2 is 2.06 bits per heavy atom. The molecule has 0 aliphatic carbocycles. The summed E-state index contributed by atoms with van der Waals surface area (Å²) in [5.74, 6) is -1.70. The van der Waals surface area contributed by atoms with Crippen LogP contribution in [0.4, 0.5) is 5.69 Å². The van der Waals surface area contributed by atoms with Crippen molar-refractivity contribution in [2.45, 2.75) is 6.92 Å². The maximum atomic E-state index is 10.6. The van der Waals surface area contributed by atoms with Gasteiger partial charge >= 0.3 is 5.97 Å². The summed E-state index contributed by atoms with van der Waals surface area (Å²) in [7, 11) is 0. The van der Waals surface area contributed by atoms with Crippen LogP contribution >= 0.6 is 15.9 Å². The van der Waals surface area contributed by atoms with Gasteiger partial charge in [-0.15, -0.1) is 5.11 Å². The van der Waals surface area contributed by atoms with Crippen LogP contribution in [0.2, 0.25) is 0 Å². The van der Waals surface area contributed by atoms with Crippen LogP contribution in [0.25, 0.3) is 0 Å². The molecule has 0 unspecified atom stereocenters. The normalized spacial score (nSPS) is 12.6. The maximum absolute atomic E-state index is 10.6. The van der Waals surface area contributed by atoms with Gasteiger partial charge in [0.2, 0.25) is 5.70 Å². The van der Waals surface area contributed by atoms with Crippen molar-refractivity contribution in [1.82, 2.24) is 0 Å². The summed E-state index contributed by atoms with van der Waals surface area (Å²) in [5.41, 5.74) is 0.0225. The van der Waals surface area contributed by atoms with E-state index in [1.165, 1.54) is 6.92 Å². The Morgan fingerprint density at radius 1 is 1.38 bits per heavy atom. The minimum Gasteiger partial charge on any atom is -0.510 e. The van der Waals surface area contributed by atoms with Crippen molar-refractivity contribution in [3.63, 3.8) is 0 Å². The van der Waals surface area contributed by atoms with Gasteiger partial charge in [-0.25, -0.2) is 4.79 Å². The standard InChI is InChI=1S/C10H9BrN2O3/c1-6(14)9(10(15)16)13-12-8-4-2-3-7(11)5-8/h2-5,14H,1H3,(H,15,16). The van der Waals surface area contributed by atoms with Crippen LogP contribution < -0.4 is 0 Å². The number of aliphatic hydroxyl groups excluding tert-OH is 1. The van der Waals surface area contributed by atoms with Gasteiger partial charge in [0, 0.05) is 4.47 Å². The Hall–Kier alpha value is -1.69. The monoisotopic (exact) mass is 284 g/mol. The highest BCUT2D eigenvalue weighted by Gasteiger charge is 2.09. The Kier molecular flexibility index (Phi) is 4.19. The van der Waals surface area contributed by atoms with Crippen molar-refractivity contribution >= 4 is 27.6 Å². The van der Waals surface area contributed by atoms with Crippen molar-refractivity contribution in [2.24, 2.45) is 10.2 Å². The van der Waals surface area contributed by atoms with Crippen LogP contribution in [0.3, 0.4) is 0 Å². The topological polar surface area (TPSA) is 82.2 Å². The third-order valence-corrected chi connectivity index (χ3v) is 2.11. The summed E-state index contributed by atoms with van der Waals surface area (Å²) in [6.07, 6.45) is 0. The van der Waals surface area contributed by atoms with Gasteiger partial charge < -0.3 is 10.2 Å². The minimum atomic E-state index is -1.32. The summed E-state index contributed by atoms with van der Waals surface area (Å²) >= 11 is 3.25. The number of hydrogen-bond acceptors (Lipinski definition) is 4. The quantitative estimate of drug-likeness (QED) is 0.507. The van der Waals surface area contributed by atoms with E-state index in [1.54, 1.807) is 18.2 Å². The molecule has 0 saturated heterocycles. The molecule has 0 spiro atoms. The second-order valence-electron chi connectivity index (χ2n) is 2.92. The van der Waals surface area contributed by atoms with E-state index in [4.69, 9.17) is 10.2 Å². The highest BCUT2D eigenvalue weighted by molar-refractivity contribution is 9.10. The van der Waals surface area contributed by atoms with Crippen molar-refractivity contribution in [1.29, 1.82) is 0 Å². The molecule has 16 heavy (non-hydrogen) atoms. The van der Waals surface area contributed by atoms with E-state index in [2.05, 4.69) is 26.2 Å². The SMILES string of the molecule is CC(O)=C(N=Nc1cccc(Br)c1)C(=O)O. The van der Waals surface area contributed by atoms with E-state index in [-0.39, 0.29) is 5.76 Å². The first-order valence-electron chi connectivity index (χ1n) is 4.31. The number of halogens is 1. The molecule has 1 aromatic carbocycles. The highest BCUT2D eigenvalue weighted by Crippen LogP contribution is 2.19. The second kappa shape index (κ2) is 5.41. The van der Waals surface area contributed by atoms with Crippen molar-refractivity contribution in [3.8, 4) is 0 Å². The molecule has 0 atom stereocenters. The zero-order chi connectivity index (χ0) is 12.1. The third kappa shape index (κ3) is 3.47. The Labute approximate surface area is 100 Å². The highest BCUT2D eigenvalue weighted by atomic mass is 79.9. The lowest BCUT2D eigenvalue weighted by Gasteiger charge is -1.96. The van der Waals surface area contributed by atoms with Gasteiger partial charge in [0.25, 0.3) is 0 Å². The summed E-state index contributed by atoms with van der Waals surface area (Å²) in [6.45, 7) is 1.24. The molecule has 0 heterocycles. The van der Waals surface area contributed by atoms with Crippen molar-refractivity contribution in [2.75, 3.05) is 0 Å². The number of benzene rings is 1. The maximum Gasteiger partial charge on any atom is 0.359 e. The van der Waals surface area contributed by atoms with Gasteiger partial charge in [0.15, 0.2) is 0 Å². The molecule has 0 radical (unpaired) electrons. The van der Waals surface area contributed by atoms with Crippen LogP contribution in [-0.2, 0) is 4.79 Å². The number of aliphatic carboxylic acids is 1. The van der Waals surface area contributed by atoms with Gasteiger partial charge in [0.1, 0.15) is 5.76 Å². The fourth-order valence-electron chi connectivity index (χ4n) is 0.916. The fourth-order valence-corrected chi connectivity index (χ4v) is 1.30. The molecule has 2 N–H and O–H groups in total. The predicted molar refractivity (Wildman–Crippen MR) is 61.6 cm³/mol. The largest absolute Gasteiger partial charge is 0.510 e. The summed E-state index contributed by atoms with van der Waals surface area (Å²) in [6, 6.07) is 6.90. The molecule has 6 heteroatoms. The molecule has 0 bridgehead atoms. The molecule has 1 aromatic rings. The Balaban J connectivity index is 2.96. The molecular weight excluding hydrogens is 276 g/mol. The molecule has 84 valence electrons. The molecule has 0 amide bonds. The lowest BCUT2D eigenvalue weighted by molar-refractivity contribution is -0.132. The molecule has 5 nitrogen and oxygen atoms in total. The third-order valence-electron chi connectivity index (χ3n) is 1.62. The number of rotatable bonds is 3. The van der Waals surface area contributed by atoms with Gasteiger partial charge in [0.05, 0.1) is 5.69 Å². The number of nitrogens with zero attached hydrogens (tertiary/aromatic N) is 2. The number of carboxylic acids is 1. The lowest BCUT2D eigenvalue weighted by Crippen LogP contribution is -2.00. The minimum absolute atomic E-state index is 0.383. The molecule has 0 aliphatic rings. The summed E-state index contributed by atoms with van der Waals surface area (Å²) in [4.78, 5) is 10.6. The van der Waals surface area contributed by atoms with Crippen molar-refractivity contribution in [3.05, 3.63) is 40.2 Å². The van der Waals surface area contributed by atoms with Crippen LogP contribution in [-0.4, -0.2) is 16.2 Å². The average molecular weight is 285 g/mol. The van der Waals surface area contributed by atoms with E-state index in [9.17, 15) is 4.79 Å². The number of hydrogen-bond donors (Lipinski definition) is 2. The lowest BCUT2D eigenvalue weighted by atomic mass is 10.3. The van der Waals surface area contributed by atoms with E-state index in [0.29, 0.717) is 5.69 Å². The number of allylic oxidation sites excluding steroid dienone is 1. The number of aliphatic hydroxyl groups is 1. The number of carbonyl (C=O) groups is 1. The number of carboxylic acid groups (broad SMARTS) is 1. The first kappa shape index (κ1) is 12.4. The first-order valence-corrected chi connectivity index (χ1v) is 5.10. The smallest absolute Gasteiger partial charge is 0.359 e. The van der Waals surface area contributed by atoms with E-state index in [0.717, 1.165) is 4.47 Å². The molecule has 0 aliphatic heterocycles. The van der Waals surface area contributed by atoms with Crippen molar-refractivity contribution < 1.29 is 15.0 Å². The molecule has 0 aromatic heterocycles. The van der Waals surface area contributed by atoms with Gasteiger partial charge in [-0.2, -0.15) is 5.11 Å². The molecular formula is C10H9BrN2O3. The molecule has 0 saturated carbocycles. The van der Waals surface area contributed by atoms with Crippen LogP contribution in [0.1, 0.15) is 6.92 Å². The zero-order valence-electron chi connectivity index (χ0n) is 8.38. The second-order valence-corrected chi connectivity index (χ2v) is 3.83. The predicted octanol–water partition coefficient (Wildman–Crippen LogP) is 3.41. The zero-order valence-corrected chi connectivity index (χ0v) is 9.97. The Bertz CT molecular complexity index is 465. The van der Waals surface area contributed by atoms with Gasteiger partial charge in [-0.1, -0.05) is 22.0 Å². The Morgan fingerprint density at radius 3 is 2.56 bits per heavy atom. The van der Waals surface area contributed by atoms with E-state index in [1.807, 2.05) is 6.07 Å². The number of azo groups is 1.